The highest BCUT2D eigenvalue weighted by Gasteiger charge is 2.19. The van der Waals surface area contributed by atoms with E-state index in [1.807, 2.05) is 62.4 Å². The van der Waals surface area contributed by atoms with Crippen molar-refractivity contribution in [3.8, 4) is 17.1 Å². The molecule has 0 aliphatic carbocycles. The van der Waals surface area contributed by atoms with E-state index in [1.165, 1.54) is 4.57 Å². The van der Waals surface area contributed by atoms with Crippen LogP contribution in [0.15, 0.2) is 86.8 Å². The molecule has 3 aromatic carbocycles. The van der Waals surface area contributed by atoms with Gasteiger partial charge in [0.1, 0.15) is 5.58 Å². The van der Waals surface area contributed by atoms with E-state index in [0.717, 1.165) is 16.7 Å². The monoisotopic (exact) mass is 394 g/mol. The average Bonchev–Trinajstić information content (AvgIpc) is 2.75. The molecule has 0 aliphatic rings. The van der Waals surface area contributed by atoms with Gasteiger partial charge in [-0.3, -0.25) is 14.2 Å². The van der Waals surface area contributed by atoms with Crippen molar-refractivity contribution in [2.45, 2.75) is 13.8 Å². The van der Waals surface area contributed by atoms with Crippen molar-refractivity contribution < 1.29 is 4.42 Å². The Kier molecular flexibility index (Phi) is 4.10. The highest BCUT2D eigenvalue weighted by atomic mass is 16.3. The molecule has 5 heteroatoms. The summed E-state index contributed by atoms with van der Waals surface area (Å²) in [6, 6.07) is 22.2. The lowest BCUT2D eigenvalue weighted by Crippen LogP contribution is -2.26. The summed E-state index contributed by atoms with van der Waals surface area (Å²) >= 11 is 0. The molecule has 0 aliphatic heterocycles. The molecule has 0 amide bonds. The molecule has 0 bridgehead atoms. The maximum Gasteiger partial charge on any atom is 0.273 e. The zero-order chi connectivity index (χ0) is 20.8. The van der Waals surface area contributed by atoms with Crippen molar-refractivity contribution in [3.63, 3.8) is 0 Å². The van der Waals surface area contributed by atoms with Crippen LogP contribution < -0.4 is 11.0 Å². The molecule has 0 unspecified atom stereocenters. The van der Waals surface area contributed by atoms with Gasteiger partial charge in [0.15, 0.2) is 11.2 Å². The van der Waals surface area contributed by atoms with Crippen LogP contribution in [0, 0.1) is 13.8 Å². The van der Waals surface area contributed by atoms with Crippen LogP contribution in [0.25, 0.3) is 39.1 Å². The molecule has 5 rings (SSSR count). The average molecular weight is 394 g/mol. The van der Waals surface area contributed by atoms with Crippen LogP contribution in [-0.4, -0.2) is 9.55 Å². The number of benzene rings is 3. The summed E-state index contributed by atoms with van der Waals surface area (Å²) in [6.07, 6.45) is 0. The summed E-state index contributed by atoms with van der Waals surface area (Å²) in [5, 5.41) is 0.313. The van der Waals surface area contributed by atoms with Gasteiger partial charge in [0.05, 0.1) is 11.1 Å². The molecule has 146 valence electrons. The second kappa shape index (κ2) is 6.81. The number of hydrogen-bond acceptors (Lipinski definition) is 4. The fourth-order valence-corrected chi connectivity index (χ4v) is 3.58. The van der Waals surface area contributed by atoms with E-state index in [0.29, 0.717) is 22.5 Å². The van der Waals surface area contributed by atoms with Gasteiger partial charge in [0.2, 0.25) is 11.1 Å². The van der Waals surface area contributed by atoms with Crippen molar-refractivity contribution >= 4 is 22.1 Å². The van der Waals surface area contributed by atoms with Crippen LogP contribution in [0.2, 0.25) is 0 Å². The first-order valence-corrected chi connectivity index (χ1v) is 9.65. The van der Waals surface area contributed by atoms with Crippen LogP contribution in [-0.2, 0) is 0 Å². The molecule has 0 spiro atoms. The second-order valence-corrected chi connectivity index (χ2v) is 7.39. The number of rotatable bonds is 2. The molecule has 5 aromatic rings. The second-order valence-electron chi connectivity index (χ2n) is 7.39. The van der Waals surface area contributed by atoms with Gasteiger partial charge in [-0.15, -0.1) is 0 Å². The molecule has 0 saturated carbocycles. The molecule has 2 aromatic heterocycles. The third-order valence-electron chi connectivity index (χ3n) is 5.22. The predicted molar refractivity (Wildman–Crippen MR) is 118 cm³/mol. The maximum atomic E-state index is 13.6. The topological polar surface area (TPSA) is 65.1 Å². The highest BCUT2D eigenvalue weighted by Crippen LogP contribution is 2.23. The predicted octanol–water partition coefficient (Wildman–Crippen LogP) is 4.78. The Morgan fingerprint density at radius 2 is 1.43 bits per heavy atom. The molecule has 0 N–H and O–H groups in total. The smallest absolute Gasteiger partial charge is 0.273 e. The van der Waals surface area contributed by atoms with E-state index >= 15 is 0 Å². The van der Waals surface area contributed by atoms with Gasteiger partial charge in [-0.25, -0.2) is 0 Å². The Morgan fingerprint density at radius 1 is 0.800 bits per heavy atom. The van der Waals surface area contributed by atoms with E-state index in [9.17, 15) is 9.59 Å². The number of aryl methyl sites for hydroxylation is 2. The molecular formula is C25H18N2O3. The third-order valence-corrected chi connectivity index (χ3v) is 5.22. The first kappa shape index (κ1) is 18.1. The lowest BCUT2D eigenvalue weighted by atomic mass is 10.1. The Balaban J connectivity index is 1.95. The zero-order valence-electron chi connectivity index (χ0n) is 16.5. The normalized spacial score (nSPS) is 11.3. The summed E-state index contributed by atoms with van der Waals surface area (Å²) in [4.78, 5) is 31.4. The van der Waals surface area contributed by atoms with Crippen LogP contribution in [0.5, 0.6) is 0 Å². The van der Waals surface area contributed by atoms with E-state index < -0.39 is 5.56 Å². The summed E-state index contributed by atoms with van der Waals surface area (Å²) in [5.74, 6) is 0.426. The van der Waals surface area contributed by atoms with Crippen molar-refractivity contribution in [2.75, 3.05) is 0 Å². The molecule has 5 nitrogen and oxygen atoms in total. The number of hydrogen-bond donors (Lipinski definition) is 0. The number of aromatic nitrogens is 2. The zero-order valence-corrected chi connectivity index (χ0v) is 16.5. The van der Waals surface area contributed by atoms with Crippen molar-refractivity contribution in [1.82, 2.24) is 9.55 Å². The fourth-order valence-electron chi connectivity index (χ4n) is 3.58. The molecule has 0 fully saturated rings. The van der Waals surface area contributed by atoms with Gasteiger partial charge in [0.25, 0.3) is 5.56 Å². The maximum absolute atomic E-state index is 13.6. The minimum absolute atomic E-state index is 0.0441. The first-order chi connectivity index (χ1) is 14.5. The molecule has 30 heavy (non-hydrogen) atoms. The first-order valence-electron chi connectivity index (χ1n) is 9.65. The van der Waals surface area contributed by atoms with Crippen LogP contribution in [0.4, 0.5) is 0 Å². The Labute approximate surface area is 171 Å². The van der Waals surface area contributed by atoms with Gasteiger partial charge in [-0.05, 0) is 38.1 Å². The van der Waals surface area contributed by atoms with E-state index in [-0.39, 0.29) is 16.5 Å². The van der Waals surface area contributed by atoms with Gasteiger partial charge in [-0.1, -0.05) is 59.7 Å². The minimum Gasteiger partial charge on any atom is -0.437 e. The molecule has 2 heterocycles. The molecule has 0 radical (unpaired) electrons. The summed E-state index contributed by atoms with van der Waals surface area (Å²) in [6.45, 7) is 3.97. The highest BCUT2D eigenvalue weighted by molar-refractivity contribution is 5.88. The van der Waals surface area contributed by atoms with Gasteiger partial charge >= 0.3 is 0 Å². The van der Waals surface area contributed by atoms with Gasteiger partial charge in [0, 0.05) is 5.56 Å². The van der Waals surface area contributed by atoms with E-state index in [1.54, 1.807) is 24.3 Å². The largest absolute Gasteiger partial charge is 0.437 e. The number of para-hydroxylation sites is 1. The van der Waals surface area contributed by atoms with Crippen molar-refractivity contribution in [1.29, 1.82) is 0 Å². The van der Waals surface area contributed by atoms with E-state index in [2.05, 4.69) is 4.98 Å². The summed E-state index contributed by atoms with van der Waals surface area (Å²) in [5.41, 5.74) is 3.20. The number of fused-ring (bicyclic) bond motifs is 2. The quantitative estimate of drug-likeness (QED) is 0.404. The van der Waals surface area contributed by atoms with Gasteiger partial charge in [-0.2, -0.15) is 4.98 Å². The van der Waals surface area contributed by atoms with Crippen molar-refractivity contribution in [3.05, 3.63) is 105 Å². The van der Waals surface area contributed by atoms with Crippen LogP contribution in [0.1, 0.15) is 11.1 Å². The fraction of sp³-hybridized carbons (Fsp3) is 0.0800. The Hall–Kier alpha value is -3.99. The lowest BCUT2D eigenvalue weighted by molar-refractivity contribution is 0.641. The van der Waals surface area contributed by atoms with E-state index in [4.69, 9.17) is 4.42 Å². The van der Waals surface area contributed by atoms with Crippen LogP contribution >= 0.6 is 0 Å². The summed E-state index contributed by atoms with van der Waals surface area (Å²) < 4.78 is 7.36. The Bertz CT molecular complexity index is 1530. The van der Waals surface area contributed by atoms with Gasteiger partial charge < -0.3 is 4.42 Å². The third kappa shape index (κ3) is 2.83. The standard InChI is InChI=1S/C25H18N2O3/c1-15-7-11-17(12-8-15)23-26-24-21(22(28)19-5-3-4-6-20(19)30-24)25(29)27(23)18-13-9-16(2)10-14-18/h3-14H,1-2H3. The Morgan fingerprint density at radius 3 is 2.13 bits per heavy atom. The minimum atomic E-state index is -0.445. The molecular weight excluding hydrogens is 376 g/mol. The lowest BCUT2D eigenvalue weighted by Gasteiger charge is -2.14. The van der Waals surface area contributed by atoms with Crippen molar-refractivity contribution in [2.24, 2.45) is 0 Å². The molecule has 0 atom stereocenters. The summed E-state index contributed by atoms with van der Waals surface area (Å²) in [7, 11) is 0. The SMILES string of the molecule is Cc1ccc(-c2nc3oc4ccccc4c(=O)c3c(=O)n2-c2ccc(C)cc2)cc1. The number of nitrogens with zero attached hydrogens (tertiary/aromatic N) is 2. The van der Waals surface area contributed by atoms with Crippen LogP contribution in [0.3, 0.4) is 0 Å². The molecule has 0 saturated heterocycles.